The van der Waals surface area contributed by atoms with Gasteiger partial charge in [-0.25, -0.2) is 0 Å². The van der Waals surface area contributed by atoms with Crippen LogP contribution in [0.4, 0.5) is 0 Å². The summed E-state index contributed by atoms with van der Waals surface area (Å²) in [4.78, 5) is 0. The van der Waals surface area contributed by atoms with Crippen molar-refractivity contribution < 1.29 is 0 Å². The van der Waals surface area contributed by atoms with Crippen molar-refractivity contribution in [3.63, 3.8) is 0 Å². The highest BCUT2D eigenvalue weighted by Gasteiger charge is 2.62. The lowest BCUT2D eigenvalue weighted by Crippen LogP contribution is -2.28. The average molecular weight is 194 g/mol. The maximum atomic E-state index is 2.53. The van der Waals surface area contributed by atoms with Crippen molar-refractivity contribution in [3.8, 4) is 0 Å². The zero-order valence-electron chi connectivity index (χ0n) is 10.8. The quantitative estimate of drug-likeness (QED) is 0.533. The molecule has 0 spiro atoms. The summed E-state index contributed by atoms with van der Waals surface area (Å²) in [5.74, 6) is 1.93. The lowest BCUT2D eigenvalue weighted by molar-refractivity contribution is 0.135. The van der Waals surface area contributed by atoms with Gasteiger partial charge in [0.05, 0.1) is 0 Å². The lowest BCUT2D eigenvalue weighted by atomic mass is 9.69. The normalized spacial score (nSPS) is 45.9. The van der Waals surface area contributed by atoms with Gasteiger partial charge >= 0.3 is 0 Å². The molecule has 0 aromatic heterocycles. The molecular formula is C14H26. The Morgan fingerprint density at radius 2 is 1.64 bits per heavy atom. The van der Waals surface area contributed by atoms with Crippen LogP contribution in [0.3, 0.4) is 0 Å². The fourth-order valence-corrected chi connectivity index (χ4v) is 4.21. The molecule has 0 heterocycles. The maximum absolute atomic E-state index is 2.53. The minimum absolute atomic E-state index is 0.514. The molecule has 2 saturated carbocycles. The molecule has 0 nitrogen and oxygen atoms in total. The summed E-state index contributed by atoms with van der Waals surface area (Å²) in [6, 6.07) is 0. The monoisotopic (exact) mass is 194 g/mol. The van der Waals surface area contributed by atoms with E-state index >= 15 is 0 Å². The van der Waals surface area contributed by atoms with E-state index in [1.54, 1.807) is 0 Å². The molecule has 2 aliphatic rings. The van der Waals surface area contributed by atoms with E-state index < -0.39 is 0 Å². The van der Waals surface area contributed by atoms with E-state index in [1.165, 1.54) is 19.3 Å². The standard InChI is InChI=1S/C14H26/c1-12(2,3)11-9-14(6)8-7-10(11)13(14,4)5/h10-11H,7-9H2,1-6H3. The van der Waals surface area contributed by atoms with Crippen LogP contribution in [0, 0.1) is 28.1 Å². The van der Waals surface area contributed by atoms with Crippen LogP contribution < -0.4 is 0 Å². The van der Waals surface area contributed by atoms with E-state index in [-0.39, 0.29) is 0 Å². The summed E-state index contributed by atoms with van der Waals surface area (Å²) < 4.78 is 0. The molecule has 2 aliphatic carbocycles. The van der Waals surface area contributed by atoms with Gasteiger partial charge in [0.15, 0.2) is 0 Å². The van der Waals surface area contributed by atoms with Gasteiger partial charge in [-0.15, -0.1) is 0 Å². The van der Waals surface area contributed by atoms with Crippen molar-refractivity contribution in [2.24, 2.45) is 28.1 Å². The van der Waals surface area contributed by atoms with Gasteiger partial charge in [0.25, 0.3) is 0 Å². The van der Waals surface area contributed by atoms with Crippen LogP contribution in [0.5, 0.6) is 0 Å². The third-order valence-electron chi connectivity index (χ3n) is 5.76. The van der Waals surface area contributed by atoms with Gasteiger partial charge in [0, 0.05) is 0 Å². The van der Waals surface area contributed by atoms with Crippen LogP contribution in [-0.4, -0.2) is 0 Å². The van der Waals surface area contributed by atoms with Crippen molar-refractivity contribution in [3.05, 3.63) is 0 Å². The zero-order chi connectivity index (χ0) is 10.8. The fourth-order valence-electron chi connectivity index (χ4n) is 4.21. The van der Waals surface area contributed by atoms with Crippen molar-refractivity contribution in [2.45, 2.75) is 60.8 Å². The predicted octanol–water partition coefficient (Wildman–Crippen LogP) is 4.49. The smallest absolute Gasteiger partial charge is 0.0269 e. The summed E-state index contributed by atoms with van der Waals surface area (Å²) in [6.07, 6.45) is 4.41. The molecule has 0 aliphatic heterocycles. The second-order valence-corrected chi connectivity index (χ2v) is 7.60. The van der Waals surface area contributed by atoms with Crippen molar-refractivity contribution in [1.29, 1.82) is 0 Å². The minimum Gasteiger partial charge on any atom is -0.0599 e. The van der Waals surface area contributed by atoms with Gasteiger partial charge in [-0.1, -0.05) is 41.5 Å². The Kier molecular flexibility index (Phi) is 1.93. The summed E-state index contributed by atoms with van der Waals surface area (Å²) in [5.41, 5.74) is 1.74. The molecule has 82 valence electrons. The summed E-state index contributed by atoms with van der Waals surface area (Å²) in [7, 11) is 0. The first-order valence-corrected chi connectivity index (χ1v) is 6.18. The molecule has 14 heavy (non-hydrogen) atoms. The molecule has 0 N–H and O–H groups in total. The molecule has 0 aromatic carbocycles. The molecule has 2 rings (SSSR count). The average Bonchev–Trinajstić information content (AvgIpc) is 2.32. The first-order chi connectivity index (χ1) is 6.18. The van der Waals surface area contributed by atoms with E-state index in [0.29, 0.717) is 16.2 Å². The first kappa shape index (κ1) is 10.5. The Bertz CT molecular complexity index is 240. The van der Waals surface area contributed by atoms with Crippen LogP contribution in [0.2, 0.25) is 0 Å². The van der Waals surface area contributed by atoms with E-state index in [9.17, 15) is 0 Å². The third-order valence-corrected chi connectivity index (χ3v) is 5.76. The van der Waals surface area contributed by atoms with Gasteiger partial charge in [0.1, 0.15) is 0 Å². The van der Waals surface area contributed by atoms with E-state index in [1.807, 2.05) is 0 Å². The van der Waals surface area contributed by atoms with Gasteiger partial charge in [0.2, 0.25) is 0 Å². The Balaban J connectivity index is 2.32. The highest BCUT2D eigenvalue weighted by molar-refractivity contribution is 5.11. The number of rotatable bonds is 0. The number of hydrogen-bond acceptors (Lipinski definition) is 0. The lowest BCUT2D eigenvalue weighted by Gasteiger charge is -2.36. The summed E-state index contributed by atoms with van der Waals surface area (Å²) >= 11 is 0. The van der Waals surface area contributed by atoms with Crippen molar-refractivity contribution in [2.75, 3.05) is 0 Å². The van der Waals surface area contributed by atoms with Crippen LogP contribution in [0.25, 0.3) is 0 Å². The molecule has 3 unspecified atom stereocenters. The molecule has 0 radical (unpaired) electrons. The van der Waals surface area contributed by atoms with Crippen LogP contribution >= 0.6 is 0 Å². The largest absolute Gasteiger partial charge is 0.0599 e. The summed E-state index contributed by atoms with van der Waals surface area (Å²) in [5, 5.41) is 0. The first-order valence-electron chi connectivity index (χ1n) is 6.18. The third kappa shape index (κ3) is 1.12. The maximum Gasteiger partial charge on any atom is -0.0269 e. The number of hydrogen-bond donors (Lipinski definition) is 0. The molecule has 0 aromatic rings. The summed E-state index contributed by atoms with van der Waals surface area (Å²) in [6.45, 7) is 14.8. The topological polar surface area (TPSA) is 0 Å². The van der Waals surface area contributed by atoms with E-state index in [4.69, 9.17) is 0 Å². The molecule has 3 atom stereocenters. The van der Waals surface area contributed by atoms with E-state index in [2.05, 4.69) is 41.5 Å². The van der Waals surface area contributed by atoms with Crippen LogP contribution in [0.1, 0.15) is 60.8 Å². The van der Waals surface area contributed by atoms with Crippen LogP contribution in [-0.2, 0) is 0 Å². The molecular weight excluding hydrogens is 168 g/mol. The number of fused-ring (bicyclic) bond motifs is 2. The molecule has 0 heteroatoms. The van der Waals surface area contributed by atoms with Gasteiger partial charge in [-0.3, -0.25) is 0 Å². The molecule has 0 amide bonds. The Labute approximate surface area is 89.5 Å². The van der Waals surface area contributed by atoms with Gasteiger partial charge in [-0.05, 0) is 47.3 Å². The predicted molar refractivity (Wildman–Crippen MR) is 62.2 cm³/mol. The Morgan fingerprint density at radius 1 is 1.07 bits per heavy atom. The van der Waals surface area contributed by atoms with E-state index in [0.717, 1.165) is 11.8 Å². The second-order valence-electron chi connectivity index (χ2n) is 7.60. The van der Waals surface area contributed by atoms with Crippen molar-refractivity contribution in [1.82, 2.24) is 0 Å². The van der Waals surface area contributed by atoms with Crippen LogP contribution in [0.15, 0.2) is 0 Å². The minimum atomic E-state index is 0.514. The second kappa shape index (κ2) is 2.57. The molecule has 2 fully saturated rings. The van der Waals surface area contributed by atoms with Gasteiger partial charge < -0.3 is 0 Å². The highest BCUT2D eigenvalue weighted by Crippen LogP contribution is 2.70. The Hall–Kier alpha value is 0. The SMILES string of the molecule is CC(C)(C)C1CC2(C)CCC1C2(C)C. The fraction of sp³-hybridized carbons (Fsp3) is 1.00. The molecule has 2 bridgehead atoms. The van der Waals surface area contributed by atoms with Crippen molar-refractivity contribution >= 4 is 0 Å². The Morgan fingerprint density at radius 3 is 1.86 bits per heavy atom. The van der Waals surface area contributed by atoms with Gasteiger partial charge in [-0.2, -0.15) is 0 Å². The highest BCUT2D eigenvalue weighted by atomic mass is 14.7. The molecule has 0 saturated heterocycles. The zero-order valence-corrected chi connectivity index (χ0v) is 10.8.